The van der Waals surface area contributed by atoms with Crippen molar-refractivity contribution < 1.29 is 14.3 Å². The number of hydrogen-bond donors (Lipinski definition) is 2. The van der Waals surface area contributed by atoms with Gasteiger partial charge in [0.15, 0.2) is 0 Å². The van der Waals surface area contributed by atoms with Gasteiger partial charge >= 0.3 is 5.97 Å². The second-order valence-electron chi connectivity index (χ2n) is 4.97. The summed E-state index contributed by atoms with van der Waals surface area (Å²) in [6.45, 7) is 4.74. The van der Waals surface area contributed by atoms with E-state index >= 15 is 0 Å². The van der Waals surface area contributed by atoms with Gasteiger partial charge in [-0.1, -0.05) is 12.1 Å². The van der Waals surface area contributed by atoms with Crippen LogP contribution in [0, 0.1) is 5.82 Å². The Morgan fingerprint density at radius 3 is 2.63 bits per heavy atom. The number of rotatable bonds is 3. The van der Waals surface area contributed by atoms with E-state index in [1.807, 2.05) is 4.90 Å². The number of halogens is 1. The van der Waals surface area contributed by atoms with Crippen LogP contribution in [-0.2, 0) is 10.3 Å². The molecule has 0 aromatic heterocycles. The van der Waals surface area contributed by atoms with Crippen molar-refractivity contribution >= 4 is 5.97 Å². The molecule has 1 aromatic rings. The molecule has 1 aliphatic rings. The summed E-state index contributed by atoms with van der Waals surface area (Å²) in [5.41, 5.74) is -0.497. The van der Waals surface area contributed by atoms with Crippen molar-refractivity contribution in [1.82, 2.24) is 10.2 Å². The van der Waals surface area contributed by atoms with Crippen LogP contribution in [0.15, 0.2) is 24.3 Å². The van der Waals surface area contributed by atoms with E-state index < -0.39 is 11.5 Å². The molecule has 19 heavy (non-hydrogen) atoms. The van der Waals surface area contributed by atoms with Crippen molar-refractivity contribution in [1.29, 1.82) is 0 Å². The summed E-state index contributed by atoms with van der Waals surface area (Å²) in [5.74, 6) is -1.25. The molecule has 0 amide bonds. The molecule has 1 aliphatic heterocycles. The first-order valence-corrected chi connectivity index (χ1v) is 6.50. The van der Waals surface area contributed by atoms with Crippen molar-refractivity contribution in [3.8, 4) is 0 Å². The molecule has 0 saturated carbocycles. The van der Waals surface area contributed by atoms with Crippen LogP contribution in [0.3, 0.4) is 0 Å². The first kappa shape index (κ1) is 14.0. The number of carbonyl (C=O) groups is 1. The Morgan fingerprint density at radius 2 is 2.00 bits per heavy atom. The zero-order valence-corrected chi connectivity index (χ0v) is 11.0. The van der Waals surface area contributed by atoms with Gasteiger partial charge in [0.05, 0.1) is 0 Å². The number of aliphatic carboxylic acids is 1. The van der Waals surface area contributed by atoms with Gasteiger partial charge in [-0.05, 0) is 37.6 Å². The lowest BCUT2D eigenvalue weighted by Gasteiger charge is -2.37. The number of nitrogens with one attached hydrogen (secondary N) is 1. The molecular formula is C14H19FN2O2. The van der Waals surface area contributed by atoms with Crippen molar-refractivity contribution in [2.24, 2.45) is 0 Å². The SMILES string of the molecule is CC(C(=O)O)(c1ccc(F)cc1)N1CCCNCC1. The maximum Gasteiger partial charge on any atom is 0.328 e. The molecule has 2 rings (SSSR count). The normalized spacial score (nSPS) is 20.5. The number of benzene rings is 1. The number of carboxylic acid groups (broad SMARTS) is 1. The molecule has 1 saturated heterocycles. The minimum absolute atomic E-state index is 0.353. The van der Waals surface area contributed by atoms with Crippen LogP contribution in [0.25, 0.3) is 0 Å². The van der Waals surface area contributed by atoms with Crippen molar-refractivity contribution in [3.63, 3.8) is 0 Å². The molecule has 5 heteroatoms. The first-order chi connectivity index (χ1) is 9.05. The minimum atomic E-state index is -1.11. The Bertz CT molecular complexity index is 441. The maximum absolute atomic E-state index is 13.0. The van der Waals surface area contributed by atoms with Crippen LogP contribution in [0.5, 0.6) is 0 Å². The summed E-state index contributed by atoms with van der Waals surface area (Å²) >= 11 is 0. The molecular weight excluding hydrogens is 247 g/mol. The smallest absolute Gasteiger partial charge is 0.328 e. The van der Waals surface area contributed by atoms with Crippen LogP contribution < -0.4 is 5.32 Å². The van der Waals surface area contributed by atoms with Crippen molar-refractivity contribution in [2.75, 3.05) is 26.2 Å². The molecule has 0 radical (unpaired) electrons. The average Bonchev–Trinajstić information content (AvgIpc) is 2.67. The van der Waals surface area contributed by atoms with E-state index in [-0.39, 0.29) is 5.82 Å². The van der Waals surface area contributed by atoms with Crippen LogP contribution in [0.1, 0.15) is 18.9 Å². The van der Waals surface area contributed by atoms with E-state index in [4.69, 9.17) is 0 Å². The highest BCUT2D eigenvalue weighted by Gasteiger charge is 2.41. The van der Waals surface area contributed by atoms with Crippen LogP contribution in [0.4, 0.5) is 4.39 Å². The van der Waals surface area contributed by atoms with E-state index in [9.17, 15) is 14.3 Å². The fraction of sp³-hybridized carbons (Fsp3) is 0.500. The molecule has 0 aliphatic carbocycles. The lowest BCUT2D eigenvalue weighted by Crippen LogP contribution is -2.51. The fourth-order valence-electron chi connectivity index (χ4n) is 2.51. The fourth-order valence-corrected chi connectivity index (χ4v) is 2.51. The van der Waals surface area contributed by atoms with Gasteiger partial charge in [0.1, 0.15) is 11.4 Å². The summed E-state index contributed by atoms with van der Waals surface area (Å²) in [5, 5.41) is 12.9. The molecule has 0 bridgehead atoms. The summed E-state index contributed by atoms with van der Waals surface area (Å²) in [7, 11) is 0. The molecule has 0 spiro atoms. The standard InChI is InChI=1S/C14H19FN2O2/c1-14(13(18)19,11-3-5-12(15)6-4-11)17-9-2-7-16-8-10-17/h3-6,16H,2,7-10H2,1H3,(H,18,19). The quantitative estimate of drug-likeness (QED) is 0.869. The Kier molecular flexibility index (Phi) is 4.17. The van der Waals surface area contributed by atoms with Gasteiger partial charge in [0.25, 0.3) is 0 Å². The van der Waals surface area contributed by atoms with E-state index in [1.54, 1.807) is 19.1 Å². The molecule has 104 valence electrons. The second kappa shape index (κ2) is 5.67. The Hall–Kier alpha value is -1.46. The Balaban J connectivity index is 2.35. The number of hydrogen-bond acceptors (Lipinski definition) is 3. The zero-order chi connectivity index (χ0) is 13.9. The lowest BCUT2D eigenvalue weighted by atomic mass is 9.89. The van der Waals surface area contributed by atoms with Crippen molar-refractivity contribution in [3.05, 3.63) is 35.6 Å². The molecule has 4 nitrogen and oxygen atoms in total. The highest BCUT2D eigenvalue weighted by atomic mass is 19.1. The minimum Gasteiger partial charge on any atom is -0.480 e. The highest BCUT2D eigenvalue weighted by Crippen LogP contribution is 2.29. The predicted octanol–water partition coefficient (Wildman–Crippen LogP) is 1.42. The van der Waals surface area contributed by atoms with Gasteiger partial charge in [-0.25, -0.2) is 9.18 Å². The molecule has 1 atom stereocenters. The topological polar surface area (TPSA) is 52.6 Å². The van der Waals surface area contributed by atoms with Crippen LogP contribution in [-0.4, -0.2) is 42.2 Å². The third-order valence-electron chi connectivity index (χ3n) is 3.80. The Labute approximate surface area is 112 Å². The van der Waals surface area contributed by atoms with E-state index in [1.165, 1.54) is 12.1 Å². The van der Waals surface area contributed by atoms with Crippen molar-refractivity contribution in [2.45, 2.75) is 18.9 Å². The number of nitrogens with zero attached hydrogens (tertiary/aromatic N) is 1. The highest BCUT2D eigenvalue weighted by molar-refractivity contribution is 5.80. The molecule has 1 unspecified atom stereocenters. The van der Waals surface area contributed by atoms with Crippen LogP contribution >= 0.6 is 0 Å². The molecule has 1 heterocycles. The summed E-state index contributed by atoms with van der Waals surface area (Å²) in [6.07, 6.45) is 0.907. The van der Waals surface area contributed by atoms with Gasteiger partial charge < -0.3 is 10.4 Å². The van der Waals surface area contributed by atoms with E-state index in [0.29, 0.717) is 18.7 Å². The van der Waals surface area contributed by atoms with Gasteiger partial charge in [-0.15, -0.1) is 0 Å². The monoisotopic (exact) mass is 266 g/mol. The van der Waals surface area contributed by atoms with Gasteiger partial charge in [-0.3, -0.25) is 4.90 Å². The summed E-state index contributed by atoms with van der Waals surface area (Å²) in [6, 6.07) is 5.74. The largest absolute Gasteiger partial charge is 0.480 e. The second-order valence-corrected chi connectivity index (χ2v) is 4.97. The molecule has 2 N–H and O–H groups in total. The number of carboxylic acids is 1. The van der Waals surface area contributed by atoms with Gasteiger partial charge in [-0.2, -0.15) is 0 Å². The summed E-state index contributed by atoms with van der Waals surface area (Å²) < 4.78 is 13.0. The van der Waals surface area contributed by atoms with Gasteiger partial charge in [0.2, 0.25) is 0 Å². The van der Waals surface area contributed by atoms with E-state index in [0.717, 1.165) is 19.5 Å². The molecule has 1 aromatic carbocycles. The molecule has 1 fully saturated rings. The lowest BCUT2D eigenvalue weighted by molar-refractivity contribution is -0.151. The van der Waals surface area contributed by atoms with E-state index in [2.05, 4.69) is 5.32 Å². The Morgan fingerprint density at radius 1 is 1.32 bits per heavy atom. The third kappa shape index (κ3) is 2.77. The first-order valence-electron chi connectivity index (χ1n) is 6.50. The summed E-state index contributed by atoms with van der Waals surface area (Å²) in [4.78, 5) is 13.7. The predicted molar refractivity (Wildman–Crippen MR) is 70.4 cm³/mol. The van der Waals surface area contributed by atoms with Gasteiger partial charge in [0, 0.05) is 19.6 Å². The van der Waals surface area contributed by atoms with Crippen LogP contribution in [0.2, 0.25) is 0 Å². The average molecular weight is 266 g/mol. The maximum atomic E-state index is 13.0. The third-order valence-corrected chi connectivity index (χ3v) is 3.80. The zero-order valence-electron chi connectivity index (χ0n) is 11.0.